The quantitative estimate of drug-likeness (QED) is 0.403. The van der Waals surface area contributed by atoms with Gasteiger partial charge in [-0.25, -0.2) is 4.79 Å². The average molecular weight is 444 g/mol. The molecule has 166 valence electrons. The van der Waals surface area contributed by atoms with Crippen LogP contribution in [0.1, 0.15) is 48.7 Å². The van der Waals surface area contributed by atoms with Crippen molar-refractivity contribution >= 4 is 29.6 Å². The van der Waals surface area contributed by atoms with Crippen molar-refractivity contribution in [1.29, 1.82) is 0 Å². The number of carbonyl (C=O) groups excluding carboxylic acids is 2. The Bertz CT molecular complexity index is 963. The van der Waals surface area contributed by atoms with E-state index in [0.29, 0.717) is 24.0 Å². The van der Waals surface area contributed by atoms with Gasteiger partial charge in [0.1, 0.15) is 0 Å². The van der Waals surface area contributed by atoms with E-state index in [1.807, 2.05) is 54.6 Å². The van der Waals surface area contributed by atoms with Gasteiger partial charge in [0, 0.05) is 35.4 Å². The first-order chi connectivity index (χ1) is 14.9. The molecule has 1 aromatic carbocycles. The predicted molar refractivity (Wildman–Crippen MR) is 122 cm³/mol. The minimum absolute atomic E-state index is 0.129. The molecule has 2 aromatic rings. The van der Waals surface area contributed by atoms with Crippen molar-refractivity contribution in [3.8, 4) is 0 Å². The summed E-state index contributed by atoms with van der Waals surface area (Å²) in [6.07, 6.45) is 6.30. The lowest BCUT2D eigenvalue weighted by Gasteiger charge is -2.21. The van der Waals surface area contributed by atoms with Gasteiger partial charge in [-0.2, -0.15) is 5.10 Å². The van der Waals surface area contributed by atoms with Gasteiger partial charge in [-0.05, 0) is 56.7 Å². The second kappa shape index (κ2) is 10.6. The number of aromatic nitrogens is 2. The summed E-state index contributed by atoms with van der Waals surface area (Å²) in [5.74, 6) is -0.0522. The molecule has 6 nitrogen and oxygen atoms in total. The van der Waals surface area contributed by atoms with E-state index in [9.17, 15) is 9.59 Å². The maximum atomic E-state index is 12.4. The van der Waals surface area contributed by atoms with Crippen molar-refractivity contribution in [3.05, 3.63) is 57.9 Å². The Morgan fingerprint density at radius 2 is 2.03 bits per heavy atom. The summed E-state index contributed by atoms with van der Waals surface area (Å²) in [7, 11) is 0. The van der Waals surface area contributed by atoms with E-state index < -0.39 is 5.97 Å². The van der Waals surface area contributed by atoms with Gasteiger partial charge in [0.15, 0.2) is 6.61 Å². The molecule has 0 spiro atoms. The molecule has 1 aromatic heterocycles. The number of nitrogens with zero attached hydrogens (tertiary/aromatic N) is 3. The number of amides is 1. The molecule has 1 fully saturated rings. The van der Waals surface area contributed by atoms with Crippen LogP contribution in [-0.4, -0.2) is 46.3 Å². The Labute approximate surface area is 188 Å². The van der Waals surface area contributed by atoms with Crippen LogP contribution in [0.25, 0.3) is 6.08 Å². The molecule has 0 saturated heterocycles. The molecule has 1 aliphatic carbocycles. The first kappa shape index (κ1) is 23.1. The van der Waals surface area contributed by atoms with E-state index in [4.69, 9.17) is 16.3 Å². The average Bonchev–Trinajstić information content (AvgIpc) is 3.52. The summed E-state index contributed by atoms with van der Waals surface area (Å²) in [6.45, 7) is 7.68. The van der Waals surface area contributed by atoms with Crippen molar-refractivity contribution in [2.75, 3.05) is 19.7 Å². The number of halogens is 1. The van der Waals surface area contributed by atoms with Gasteiger partial charge in [-0.3, -0.25) is 9.48 Å². The van der Waals surface area contributed by atoms with Crippen LogP contribution in [0.3, 0.4) is 0 Å². The highest BCUT2D eigenvalue weighted by Gasteiger charge is 2.26. The van der Waals surface area contributed by atoms with Crippen molar-refractivity contribution < 1.29 is 14.3 Å². The Morgan fingerprint density at radius 1 is 1.29 bits per heavy atom. The van der Waals surface area contributed by atoms with Crippen LogP contribution < -0.4 is 0 Å². The van der Waals surface area contributed by atoms with Crippen molar-refractivity contribution in [2.24, 2.45) is 5.92 Å². The molecule has 0 aliphatic heterocycles. The van der Waals surface area contributed by atoms with Crippen LogP contribution in [-0.2, 0) is 20.9 Å². The normalized spacial score (nSPS) is 13.5. The second-order valence-corrected chi connectivity index (χ2v) is 8.46. The largest absolute Gasteiger partial charge is 0.452 e. The van der Waals surface area contributed by atoms with E-state index in [-0.39, 0.29) is 12.5 Å². The molecule has 0 bridgehead atoms. The SMILES string of the molecule is CCCN(CC1CC1)C(=O)COC(=O)/C=C/c1c(C)nn(Cc2ccccc2Cl)c1C. The van der Waals surface area contributed by atoms with Gasteiger partial charge in [0.2, 0.25) is 0 Å². The number of aryl methyl sites for hydroxylation is 1. The molecule has 1 aliphatic rings. The van der Waals surface area contributed by atoms with Gasteiger partial charge in [0.05, 0.1) is 12.2 Å². The van der Waals surface area contributed by atoms with Crippen molar-refractivity contribution in [1.82, 2.24) is 14.7 Å². The Morgan fingerprint density at radius 3 is 2.71 bits per heavy atom. The third-order valence-corrected chi connectivity index (χ3v) is 5.83. The smallest absolute Gasteiger partial charge is 0.331 e. The maximum Gasteiger partial charge on any atom is 0.331 e. The van der Waals surface area contributed by atoms with Crippen LogP contribution in [0.5, 0.6) is 0 Å². The monoisotopic (exact) mass is 443 g/mol. The fraction of sp³-hybridized carbons (Fsp3) is 0.458. The molecular formula is C24H30ClN3O3. The van der Waals surface area contributed by atoms with E-state index in [2.05, 4.69) is 5.10 Å². The van der Waals surface area contributed by atoms with Crippen LogP contribution in [0, 0.1) is 19.8 Å². The number of hydrogen-bond acceptors (Lipinski definition) is 4. The van der Waals surface area contributed by atoms with Gasteiger partial charge in [-0.1, -0.05) is 36.7 Å². The molecular weight excluding hydrogens is 414 g/mol. The fourth-order valence-electron chi connectivity index (χ4n) is 3.52. The number of ether oxygens (including phenoxy) is 1. The topological polar surface area (TPSA) is 64.4 Å². The predicted octanol–water partition coefficient (Wildman–Crippen LogP) is 4.41. The van der Waals surface area contributed by atoms with Crippen molar-refractivity contribution in [3.63, 3.8) is 0 Å². The van der Waals surface area contributed by atoms with Gasteiger partial charge < -0.3 is 9.64 Å². The van der Waals surface area contributed by atoms with E-state index in [0.717, 1.165) is 35.5 Å². The summed E-state index contributed by atoms with van der Waals surface area (Å²) < 4.78 is 7.06. The third-order valence-electron chi connectivity index (χ3n) is 5.46. The lowest BCUT2D eigenvalue weighted by Crippen LogP contribution is -2.36. The van der Waals surface area contributed by atoms with Gasteiger partial charge >= 0.3 is 5.97 Å². The van der Waals surface area contributed by atoms with Crippen LogP contribution in [0.4, 0.5) is 0 Å². The number of esters is 1. The second-order valence-electron chi connectivity index (χ2n) is 8.06. The van der Waals surface area contributed by atoms with Crippen molar-refractivity contribution in [2.45, 2.75) is 46.6 Å². The Balaban J connectivity index is 1.58. The molecule has 7 heteroatoms. The molecule has 0 unspecified atom stereocenters. The maximum absolute atomic E-state index is 12.4. The lowest BCUT2D eigenvalue weighted by molar-refractivity contribution is -0.148. The first-order valence-electron chi connectivity index (χ1n) is 10.8. The zero-order valence-corrected chi connectivity index (χ0v) is 19.2. The summed E-state index contributed by atoms with van der Waals surface area (Å²) in [5.41, 5.74) is 3.57. The summed E-state index contributed by atoms with van der Waals surface area (Å²) >= 11 is 6.26. The fourth-order valence-corrected chi connectivity index (χ4v) is 3.71. The number of rotatable bonds is 10. The number of carbonyl (C=O) groups is 2. The Kier molecular flexibility index (Phi) is 7.91. The van der Waals surface area contributed by atoms with Gasteiger partial charge in [0.25, 0.3) is 5.91 Å². The molecule has 1 saturated carbocycles. The summed E-state index contributed by atoms with van der Waals surface area (Å²) in [6, 6.07) is 7.66. The molecule has 1 amide bonds. The molecule has 0 atom stereocenters. The van der Waals surface area contributed by atoms with Gasteiger partial charge in [-0.15, -0.1) is 0 Å². The molecule has 1 heterocycles. The lowest BCUT2D eigenvalue weighted by atomic mass is 10.1. The molecule has 31 heavy (non-hydrogen) atoms. The molecule has 0 N–H and O–H groups in total. The third kappa shape index (κ3) is 6.44. The van der Waals surface area contributed by atoms with Crippen LogP contribution in [0.2, 0.25) is 5.02 Å². The summed E-state index contributed by atoms with van der Waals surface area (Å²) in [4.78, 5) is 26.4. The first-order valence-corrected chi connectivity index (χ1v) is 11.2. The number of hydrogen-bond donors (Lipinski definition) is 0. The Hall–Kier alpha value is -2.60. The van der Waals surface area contributed by atoms with Crippen LogP contribution >= 0.6 is 11.6 Å². The highest BCUT2D eigenvalue weighted by atomic mass is 35.5. The highest BCUT2D eigenvalue weighted by molar-refractivity contribution is 6.31. The standard InChI is InChI=1S/C24H30ClN3O3/c1-4-13-27(14-19-9-10-19)23(29)16-31-24(30)12-11-21-17(2)26-28(18(21)3)15-20-7-5-6-8-22(20)25/h5-8,11-12,19H,4,9-10,13-16H2,1-3H3/b12-11+. The van der Waals surface area contributed by atoms with Crippen LogP contribution in [0.15, 0.2) is 30.3 Å². The minimum atomic E-state index is -0.533. The minimum Gasteiger partial charge on any atom is -0.452 e. The molecule has 0 radical (unpaired) electrons. The molecule has 3 rings (SSSR count). The summed E-state index contributed by atoms with van der Waals surface area (Å²) in [5, 5.41) is 5.26. The highest BCUT2D eigenvalue weighted by Crippen LogP contribution is 2.29. The number of benzene rings is 1. The van der Waals surface area contributed by atoms with E-state index >= 15 is 0 Å². The zero-order valence-electron chi connectivity index (χ0n) is 18.4. The zero-order chi connectivity index (χ0) is 22.4. The van der Waals surface area contributed by atoms with E-state index in [1.54, 1.807) is 6.08 Å². The van der Waals surface area contributed by atoms with E-state index in [1.165, 1.54) is 18.9 Å².